The summed E-state index contributed by atoms with van der Waals surface area (Å²) in [6.07, 6.45) is 5.27. The number of hydrogen-bond donors (Lipinski definition) is 1. The van der Waals surface area contributed by atoms with Gasteiger partial charge in [-0.15, -0.1) is 0 Å². The van der Waals surface area contributed by atoms with Crippen LogP contribution in [0.25, 0.3) is 0 Å². The van der Waals surface area contributed by atoms with Gasteiger partial charge in [-0.3, -0.25) is 20.0 Å². The highest BCUT2D eigenvalue weighted by Crippen LogP contribution is 2.17. The summed E-state index contributed by atoms with van der Waals surface area (Å²) in [6.45, 7) is 0. The number of hydrazine groups is 1. The van der Waals surface area contributed by atoms with Crippen molar-refractivity contribution in [3.63, 3.8) is 0 Å². The van der Waals surface area contributed by atoms with Gasteiger partial charge >= 0.3 is 0 Å². The maximum atomic E-state index is 12.3. The Bertz CT molecular complexity index is 726. The number of allylic oxidation sites excluding steroid dienone is 1. The van der Waals surface area contributed by atoms with Crippen LogP contribution in [0, 0.1) is 0 Å². The van der Waals surface area contributed by atoms with E-state index in [9.17, 15) is 9.59 Å². The average Bonchev–Trinajstić information content (AvgIpc) is 2.63. The van der Waals surface area contributed by atoms with Gasteiger partial charge in [0, 0.05) is 18.2 Å². The average molecular weight is 320 g/mol. The predicted octanol–water partition coefficient (Wildman–Crippen LogP) is 3.12. The number of nitrogens with one attached hydrogen (secondary N) is 1. The van der Waals surface area contributed by atoms with Crippen molar-refractivity contribution < 1.29 is 9.59 Å². The third-order valence-corrected chi connectivity index (χ3v) is 4.13. The number of carbonyl (C=O) groups is 2. The molecule has 1 amide bonds. The Hall–Kier alpha value is -2.88. The third-order valence-electron chi connectivity index (χ3n) is 4.13. The van der Waals surface area contributed by atoms with Crippen LogP contribution in [0.4, 0.5) is 0 Å². The van der Waals surface area contributed by atoms with Crippen LogP contribution < -0.4 is 5.43 Å². The molecule has 3 rings (SSSR count). The third kappa shape index (κ3) is 4.10. The second-order valence-electron chi connectivity index (χ2n) is 5.88. The zero-order valence-electron chi connectivity index (χ0n) is 13.4. The fourth-order valence-electron chi connectivity index (χ4n) is 2.80. The minimum absolute atomic E-state index is 0.0321. The van der Waals surface area contributed by atoms with E-state index in [4.69, 9.17) is 0 Å². The maximum absolute atomic E-state index is 12.3. The first kappa shape index (κ1) is 16.0. The van der Waals surface area contributed by atoms with Gasteiger partial charge in [-0.1, -0.05) is 48.5 Å². The topological polar surface area (TPSA) is 49.4 Å². The minimum atomic E-state index is -0.167. The number of rotatable bonds is 5. The van der Waals surface area contributed by atoms with Crippen LogP contribution in [0.15, 0.2) is 72.9 Å². The molecule has 0 spiro atoms. The molecule has 0 radical (unpaired) electrons. The number of aryl methyl sites for hydroxylation is 1. The SMILES string of the molecule is O=C1C=CN(NC(=O)c2ccccc2)C(CCc2ccccc2)C1. The van der Waals surface area contributed by atoms with Crippen LogP contribution in [-0.4, -0.2) is 22.7 Å². The second-order valence-corrected chi connectivity index (χ2v) is 5.88. The van der Waals surface area contributed by atoms with Gasteiger partial charge in [0.15, 0.2) is 5.78 Å². The van der Waals surface area contributed by atoms with E-state index < -0.39 is 0 Å². The summed E-state index contributed by atoms with van der Waals surface area (Å²) >= 11 is 0. The Morgan fingerprint density at radius 1 is 1.04 bits per heavy atom. The Labute approximate surface area is 141 Å². The zero-order valence-corrected chi connectivity index (χ0v) is 13.4. The second kappa shape index (κ2) is 7.59. The normalized spacial score (nSPS) is 16.9. The first-order valence-corrected chi connectivity index (χ1v) is 8.12. The summed E-state index contributed by atoms with van der Waals surface area (Å²) in [5.41, 5.74) is 4.73. The van der Waals surface area contributed by atoms with Gasteiger partial charge in [0.1, 0.15) is 0 Å². The summed E-state index contributed by atoms with van der Waals surface area (Å²) in [7, 11) is 0. The first-order chi connectivity index (χ1) is 11.7. The first-order valence-electron chi connectivity index (χ1n) is 8.12. The van der Waals surface area contributed by atoms with Crippen molar-refractivity contribution in [2.75, 3.05) is 0 Å². The molecule has 0 saturated carbocycles. The van der Waals surface area contributed by atoms with Crippen molar-refractivity contribution in [2.24, 2.45) is 0 Å². The Kier molecular flexibility index (Phi) is 5.06. The lowest BCUT2D eigenvalue weighted by Gasteiger charge is -2.32. The van der Waals surface area contributed by atoms with Crippen molar-refractivity contribution in [1.29, 1.82) is 0 Å². The lowest BCUT2D eigenvalue weighted by atomic mass is 9.99. The van der Waals surface area contributed by atoms with E-state index in [1.807, 2.05) is 36.4 Å². The van der Waals surface area contributed by atoms with Crippen LogP contribution in [0.1, 0.15) is 28.8 Å². The number of nitrogens with zero attached hydrogens (tertiary/aromatic N) is 1. The molecule has 1 unspecified atom stereocenters. The standard InChI is InChI=1S/C20H20N2O2/c23-19-13-14-22(21-20(24)17-9-5-2-6-10-17)18(15-19)12-11-16-7-3-1-4-8-16/h1-10,13-14,18H,11-12,15H2,(H,21,24). The molecule has 122 valence electrons. The minimum Gasteiger partial charge on any atom is -0.295 e. The maximum Gasteiger partial charge on any atom is 0.269 e. The highest BCUT2D eigenvalue weighted by atomic mass is 16.2. The summed E-state index contributed by atoms with van der Waals surface area (Å²) in [6, 6.07) is 19.2. The number of benzene rings is 2. The molecular weight excluding hydrogens is 300 g/mol. The fraction of sp³-hybridized carbons (Fsp3) is 0.200. The monoisotopic (exact) mass is 320 g/mol. The lowest BCUT2D eigenvalue weighted by molar-refractivity contribution is -0.116. The molecule has 24 heavy (non-hydrogen) atoms. The van der Waals surface area contributed by atoms with Crippen molar-refractivity contribution in [3.8, 4) is 0 Å². The number of carbonyl (C=O) groups excluding carboxylic acids is 2. The van der Waals surface area contributed by atoms with Crippen LogP contribution in [0.3, 0.4) is 0 Å². The Morgan fingerprint density at radius 3 is 2.42 bits per heavy atom. The van der Waals surface area contributed by atoms with Crippen molar-refractivity contribution >= 4 is 11.7 Å². The van der Waals surface area contributed by atoms with Gasteiger partial charge in [-0.2, -0.15) is 0 Å². The molecule has 4 heteroatoms. The molecule has 2 aromatic carbocycles. The predicted molar refractivity (Wildman–Crippen MR) is 93.1 cm³/mol. The van der Waals surface area contributed by atoms with E-state index >= 15 is 0 Å². The summed E-state index contributed by atoms with van der Waals surface area (Å²) < 4.78 is 0. The molecule has 0 aliphatic carbocycles. The van der Waals surface area contributed by atoms with E-state index in [-0.39, 0.29) is 17.7 Å². The van der Waals surface area contributed by atoms with Gasteiger partial charge in [0.05, 0.1) is 6.04 Å². The highest BCUT2D eigenvalue weighted by Gasteiger charge is 2.24. The molecule has 0 saturated heterocycles. The summed E-state index contributed by atoms with van der Waals surface area (Å²) in [4.78, 5) is 24.1. The molecular formula is C20H20N2O2. The van der Waals surface area contributed by atoms with E-state index in [1.54, 1.807) is 23.3 Å². The van der Waals surface area contributed by atoms with Crippen LogP contribution >= 0.6 is 0 Å². The number of ketones is 1. The molecule has 1 N–H and O–H groups in total. The van der Waals surface area contributed by atoms with Crippen molar-refractivity contribution in [3.05, 3.63) is 84.1 Å². The van der Waals surface area contributed by atoms with Gasteiger partial charge in [-0.05, 0) is 36.6 Å². The van der Waals surface area contributed by atoms with E-state index in [1.165, 1.54) is 11.6 Å². The van der Waals surface area contributed by atoms with Gasteiger partial charge in [0.25, 0.3) is 5.91 Å². The molecule has 0 bridgehead atoms. The van der Waals surface area contributed by atoms with Crippen molar-refractivity contribution in [1.82, 2.24) is 10.4 Å². The largest absolute Gasteiger partial charge is 0.295 e. The molecule has 1 heterocycles. The van der Waals surface area contributed by atoms with Crippen molar-refractivity contribution in [2.45, 2.75) is 25.3 Å². The van der Waals surface area contributed by atoms with Gasteiger partial charge in [-0.25, -0.2) is 0 Å². The smallest absolute Gasteiger partial charge is 0.269 e. The molecule has 4 nitrogen and oxygen atoms in total. The number of hydrogen-bond acceptors (Lipinski definition) is 3. The molecule has 1 aliphatic rings. The van der Waals surface area contributed by atoms with Crippen LogP contribution in [0.5, 0.6) is 0 Å². The molecule has 2 aromatic rings. The van der Waals surface area contributed by atoms with Gasteiger partial charge < -0.3 is 0 Å². The summed E-state index contributed by atoms with van der Waals surface area (Å²) in [5.74, 6) is -0.0717. The Balaban J connectivity index is 1.66. The van der Waals surface area contributed by atoms with Gasteiger partial charge in [0.2, 0.25) is 0 Å². The zero-order chi connectivity index (χ0) is 16.8. The number of amides is 1. The van der Waals surface area contributed by atoms with E-state index in [0.717, 1.165) is 12.8 Å². The fourth-order valence-corrected chi connectivity index (χ4v) is 2.80. The van der Waals surface area contributed by atoms with E-state index in [0.29, 0.717) is 12.0 Å². The van der Waals surface area contributed by atoms with Crippen LogP contribution in [0.2, 0.25) is 0 Å². The lowest BCUT2D eigenvalue weighted by Crippen LogP contribution is -2.47. The molecule has 0 fully saturated rings. The molecule has 1 aliphatic heterocycles. The quantitative estimate of drug-likeness (QED) is 0.921. The highest BCUT2D eigenvalue weighted by molar-refractivity contribution is 5.94. The molecule has 0 aromatic heterocycles. The summed E-state index contributed by atoms with van der Waals surface area (Å²) in [5, 5.41) is 1.76. The van der Waals surface area contributed by atoms with Crippen LogP contribution in [-0.2, 0) is 11.2 Å². The van der Waals surface area contributed by atoms with E-state index in [2.05, 4.69) is 17.6 Å². The molecule has 1 atom stereocenters. The Morgan fingerprint density at radius 2 is 1.71 bits per heavy atom.